The molecule has 0 unspecified atom stereocenters. The van der Waals surface area contributed by atoms with Crippen LogP contribution in [0.5, 0.6) is 0 Å². The average Bonchev–Trinajstić information content (AvgIpc) is 3.56. The number of para-hydroxylation sites is 1. The molecule has 0 bridgehead atoms. The Balaban J connectivity index is 1.10. The highest BCUT2D eigenvalue weighted by Gasteiger charge is 2.15. The van der Waals surface area contributed by atoms with E-state index in [0.717, 1.165) is 33.1 Å². The van der Waals surface area contributed by atoms with E-state index >= 15 is 0 Å². The Morgan fingerprint density at radius 3 is 1.54 bits per heavy atom. The molecule has 0 atom stereocenters. The van der Waals surface area contributed by atoms with Crippen LogP contribution in [0.2, 0.25) is 0 Å². The molecule has 1 aromatic heterocycles. The molecule has 0 amide bonds. The summed E-state index contributed by atoms with van der Waals surface area (Å²) in [4.78, 5) is 7.20. The van der Waals surface area contributed by atoms with Crippen LogP contribution in [-0.4, -0.2) is 4.98 Å². The molecular weight excluding hydrogens is 577 g/mol. The fourth-order valence-corrected chi connectivity index (χ4v) is 7.40. The van der Waals surface area contributed by atoms with Gasteiger partial charge in [0.05, 0.1) is 10.2 Å². The first-order valence-electron chi connectivity index (χ1n) is 15.5. The van der Waals surface area contributed by atoms with Gasteiger partial charge in [-0.3, -0.25) is 0 Å². The molecule has 9 rings (SSSR count). The van der Waals surface area contributed by atoms with Gasteiger partial charge in [0.15, 0.2) is 0 Å². The second-order valence-electron chi connectivity index (χ2n) is 11.7. The zero-order valence-electron chi connectivity index (χ0n) is 25.0. The Morgan fingerprint density at radius 2 is 0.848 bits per heavy atom. The molecule has 1 heterocycles. The van der Waals surface area contributed by atoms with Gasteiger partial charge >= 0.3 is 0 Å². The Hall–Kier alpha value is -5.77. The fraction of sp³-hybridized carbons (Fsp3) is 0. The van der Waals surface area contributed by atoms with Gasteiger partial charge < -0.3 is 4.90 Å². The number of nitrogens with zero attached hydrogens (tertiary/aromatic N) is 2. The maximum absolute atomic E-state index is 4.84. The molecule has 0 fully saturated rings. The SMILES string of the molecule is c1ccc2cc(N(c3ccc(-c4ccc(-c5nc6ccccc6s5)cc4)cc3)c3ccc4cc5ccccc5cc4c3)ccc2c1. The highest BCUT2D eigenvalue weighted by atomic mass is 32.1. The Morgan fingerprint density at radius 1 is 0.370 bits per heavy atom. The van der Waals surface area contributed by atoms with Crippen molar-refractivity contribution in [1.29, 1.82) is 0 Å². The van der Waals surface area contributed by atoms with Crippen LogP contribution >= 0.6 is 11.3 Å². The molecule has 0 saturated carbocycles. The van der Waals surface area contributed by atoms with Crippen molar-refractivity contribution in [3.05, 3.63) is 170 Å². The number of aromatic nitrogens is 1. The van der Waals surface area contributed by atoms with Gasteiger partial charge in [0, 0.05) is 22.6 Å². The van der Waals surface area contributed by atoms with Crippen molar-refractivity contribution >= 4 is 70.9 Å². The predicted molar refractivity (Wildman–Crippen MR) is 198 cm³/mol. The molecule has 0 aliphatic carbocycles. The Bertz CT molecular complexity index is 2490. The molecule has 0 saturated heterocycles. The molecule has 0 N–H and O–H groups in total. The highest BCUT2D eigenvalue weighted by molar-refractivity contribution is 7.21. The van der Waals surface area contributed by atoms with Crippen LogP contribution in [0.1, 0.15) is 0 Å². The van der Waals surface area contributed by atoms with Gasteiger partial charge in [-0.2, -0.15) is 0 Å². The van der Waals surface area contributed by atoms with E-state index in [1.54, 1.807) is 11.3 Å². The molecule has 0 aliphatic rings. The molecule has 216 valence electrons. The summed E-state index contributed by atoms with van der Waals surface area (Å²) in [6.07, 6.45) is 0. The van der Waals surface area contributed by atoms with Crippen molar-refractivity contribution in [2.75, 3.05) is 4.90 Å². The molecule has 0 aliphatic heterocycles. The van der Waals surface area contributed by atoms with Crippen molar-refractivity contribution in [2.45, 2.75) is 0 Å². The first kappa shape index (κ1) is 26.6. The maximum Gasteiger partial charge on any atom is 0.124 e. The minimum Gasteiger partial charge on any atom is -0.310 e. The van der Waals surface area contributed by atoms with Crippen molar-refractivity contribution in [3.63, 3.8) is 0 Å². The van der Waals surface area contributed by atoms with E-state index in [2.05, 4.69) is 169 Å². The number of thiazole rings is 1. The minimum atomic E-state index is 1.05. The summed E-state index contributed by atoms with van der Waals surface area (Å²) < 4.78 is 1.22. The summed E-state index contributed by atoms with van der Waals surface area (Å²) in [5, 5.41) is 8.50. The predicted octanol–water partition coefficient (Wildman–Crippen LogP) is 12.6. The van der Waals surface area contributed by atoms with E-state index in [1.807, 2.05) is 6.07 Å². The lowest BCUT2D eigenvalue weighted by molar-refractivity contribution is 1.29. The van der Waals surface area contributed by atoms with Crippen LogP contribution in [0, 0.1) is 0 Å². The van der Waals surface area contributed by atoms with Crippen molar-refractivity contribution in [3.8, 4) is 21.7 Å². The second-order valence-corrected chi connectivity index (χ2v) is 12.7. The van der Waals surface area contributed by atoms with Gasteiger partial charge in [0.2, 0.25) is 0 Å². The zero-order chi connectivity index (χ0) is 30.5. The summed E-state index contributed by atoms with van der Waals surface area (Å²) >= 11 is 1.74. The number of hydrogen-bond acceptors (Lipinski definition) is 3. The molecule has 46 heavy (non-hydrogen) atoms. The monoisotopic (exact) mass is 604 g/mol. The molecule has 2 nitrogen and oxygen atoms in total. The summed E-state index contributed by atoms with van der Waals surface area (Å²) in [5.41, 5.74) is 7.95. The quantitative estimate of drug-likeness (QED) is 0.182. The topological polar surface area (TPSA) is 16.1 Å². The van der Waals surface area contributed by atoms with Gasteiger partial charge in [-0.05, 0) is 104 Å². The van der Waals surface area contributed by atoms with E-state index in [1.165, 1.54) is 48.1 Å². The molecular formula is C43H28N2S. The summed E-state index contributed by atoms with van der Waals surface area (Å²) in [7, 11) is 0. The number of anilines is 3. The molecule has 9 aromatic rings. The third-order valence-electron chi connectivity index (χ3n) is 8.82. The third kappa shape index (κ3) is 4.79. The fourth-order valence-electron chi connectivity index (χ4n) is 6.43. The summed E-state index contributed by atoms with van der Waals surface area (Å²) in [5.74, 6) is 0. The van der Waals surface area contributed by atoms with Crippen LogP contribution in [0.15, 0.2) is 170 Å². The summed E-state index contributed by atoms with van der Waals surface area (Å²) in [6, 6.07) is 61.2. The average molecular weight is 605 g/mol. The van der Waals surface area contributed by atoms with E-state index in [-0.39, 0.29) is 0 Å². The highest BCUT2D eigenvalue weighted by Crippen LogP contribution is 2.39. The van der Waals surface area contributed by atoms with E-state index in [4.69, 9.17) is 4.98 Å². The largest absolute Gasteiger partial charge is 0.310 e. The second kappa shape index (κ2) is 11.0. The third-order valence-corrected chi connectivity index (χ3v) is 9.91. The first-order chi connectivity index (χ1) is 22.7. The molecule has 0 radical (unpaired) electrons. The Kier molecular flexibility index (Phi) is 6.36. The van der Waals surface area contributed by atoms with Crippen LogP contribution in [0.4, 0.5) is 17.1 Å². The first-order valence-corrected chi connectivity index (χ1v) is 16.3. The smallest absolute Gasteiger partial charge is 0.124 e. The van der Waals surface area contributed by atoms with Crippen LogP contribution in [0.3, 0.4) is 0 Å². The summed E-state index contributed by atoms with van der Waals surface area (Å²) in [6.45, 7) is 0. The number of hydrogen-bond donors (Lipinski definition) is 0. The molecule has 0 spiro atoms. The number of benzene rings is 8. The van der Waals surface area contributed by atoms with E-state index in [9.17, 15) is 0 Å². The van der Waals surface area contributed by atoms with Gasteiger partial charge in [-0.15, -0.1) is 11.3 Å². The number of rotatable bonds is 5. The van der Waals surface area contributed by atoms with E-state index in [0.29, 0.717) is 0 Å². The van der Waals surface area contributed by atoms with Gasteiger partial charge in [0.1, 0.15) is 5.01 Å². The molecule has 8 aromatic carbocycles. The van der Waals surface area contributed by atoms with E-state index < -0.39 is 0 Å². The zero-order valence-corrected chi connectivity index (χ0v) is 25.8. The van der Waals surface area contributed by atoms with Gasteiger partial charge in [-0.1, -0.05) is 109 Å². The maximum atomic E-state index is 4.84. The van der Waals surface area contributed by atoms with Crippen LogP contribution < -0.4 is 4.90 Å². The minimum absolute atomic E-state index is 1.05. The molecule has 3 heteroatoms. The van der Waals surface area contributed by atoms with Crippen LogP contribution in [0.25, 0.3) is 64.2 Å². The lowest BCUT2D eigenvalue weighted by Crippen LogP contribution is -2.09. The van der Waals surface area contributed by atoms with Crippen LogP contribution in [-0.2, 0) is 0 Å². The van der Waals surface area contributed by atoms with Gasteiger partial charge in [0.25, 0.3) is 0 Å². The lowest BCUT2D eigenvalue weighted by atomic mass is 10.0. The lowest BCUT2D eigenvalue weighted by Gasteiger charge is -2.26. The normalized spacial score (nSPS) is 11.5. The van der Waals surface area contributed by atoms with Crippen molar-refractivity contribution in [2.24, 2.45) is 0 Å². The Labute approximate surface area is 271 Å². The van der Waals surface area contributed by atoms with Gasteiger partial charge in [-0.25, -0.2) is 4.98 Å². The van der Waals surface area contributed by atoms with Crippen molar-refractivity contribution < 1.29 is 0 Å². The number of fused-ring (bicyclic) bond motifs is 4. The van der Waals surface area contributed by atoms with Crippen molar-refractivity contribution in [1.82, 2.24) is 4.98 Å². The standard InChI is InChI=1S/C43H28N2S/c1-2-10-35-27-39(23-19-29(35)7-1)45(40-24-20-36-25-33-8-3-4-9-34(33)26-37(36)28-40)38-21-17-31(18-22-38)30-13-15-32(16-14-30)43-44-41-11-5-6-12-42(41)46-43/h1-28H.